The van der Waals surface area contributed by atoms with Crippen molar-refractivity contribution in [2.24, 2.45) is 5.92 Å². The summed E-state index contributed by atoms with van der Waals surface area (Å²) in [7, 11) is -4.15. The summed E-state index contributed by atoms with van der Waals surface area (Å²) in [5, 5.41) is 11.9. The molecule has 2 N–H and O–H groups in total. The maximum absolute atomic E-state index is 14.5. The number of hydrogen-bond acceptors (Lipinski definition) is 8. The first-order chi connectivity index (χ1) is 21.2. The SMILES string of the molecule is CC(OC(=O)N[C@@H](Cc1cccc(S(=O)(=O)N2CC(Oc3ccccc3F)(c3ccc(F)cc3)C2)c1)C(=O)O)OC(=O)C(C)C. The molecule has 1 unspecified atom stereocenters. The number of halogens is 2. The lowest BCUT2D eigenvalue weighted by Gasteiger charge is -2.48. The second-order valence-electron chi connectivity index (χ2n) is 10.8. The summed E-state index contributed by atoms with van der Waals surface area (Å²) in [6, 6.07) is 15.0. The Labute approximate surface area is 258 Å². The first-order valence-corrected chi connectivity index (χ1v) is 15.3. The minimum atomic E-state index is -4.15. The summed E-state index contributed by atoms with van der Waals surface area (Å²) >= 11 is 0. The van der Waals surface area contributed by atoms with Crippen LogP contribution in [0.3, 0.4) is 0 Å². The number of nitrogens with one attached hydrogen (secondary N) is 1. The van der Waals surface area contributed by atoms with E-state index < -0.39 is 63.5 Å². The molecular weight excluding hydrogens is 614 g/mol. The van der Waals surface area contributed by atoms with Crippen LogP contribution in [-0.4, -0.2) is 61.3 Å². The minimum absolute atomic E-state index is 0.0981. The molecule has 1 heterocycles. The number of carbonyl (C=O) groups excluding carboxylic acids is 2. The standard InChI is InChI=1S/C31H32F2N2O9S/c1-19(2)29(38)42-20(3)43-30(39)34-26(28(36)37)16-21-7-6-8-24(15-21)45(40,41)35-17-31(18-35,22-11-13-23(32)14-12-22)44-27-10-5-4-9-25(27)33/h4-15,19-20,26H,16-18H2,1-3H3,(H,34,39)(H,36,37)/t20?,26-/m0/s1. The van der Waals surface area contributed by atoms with Crippen LogP contribution in [0.15, 0.2) is 77.7 Å². The number of alkyl carbamates (subject to hydrolysis) is 1. The first-order valence-electron chi connectivity index (χ1n) is 13.9. The normalized spacial score (nSPS) is 15.8. The average molecular weight is 647 g/mol. The van der Waals surface area contributed by atoms with Gasteiger partial charge in [-0.2, -0.15) is 4.31 Å². The van der Waals surface area contributed by atoms with E-state index in [0.717, 1.165) is 4.31 Å². The van der Waals surface area contributed by atoms with Crippen LogP contribution in [0.1, 0.15) is 31.9 Å². The lowest BCUT2D eigenvalue weighted by molar-refractivity contribution is -0.169. The number of ether oxygens (including phenoxy) is 3. The molecule has 14 heteroatoms. The number of nitrogens with zero attached hydrogens (tertiary/aromatic N) is 1. The van der Waals surface area contributed by atoms with Gasteiger partial charge in [-0.1, -0.05) is 50.2 Å². The van der Waals surface area contributed by atoms with Crippen molar-refractivity contribution < 1.29 is 50.9 Å². The van der Waals surface area contributed by atoms with Crippen molar-refractivity contribution >= 4 is 28.1 Å². The van der Waals surface area contributed by atoms with Gasteiger partial charge in [-0.25, -0.2) is 26.8 Å². The lowest BCUT2D eigenvalue weighted by atomic mass is 9.87. The van der Waals surface area contributed by atoms with E-state index in [0.29, 0.717) is 5.56 Å². The summed E-state index contributed by atoms with van der Waals surface area (Å²) in [4.78, 5) is 35.7. The monoisotopic (exact) mass is 646 g/mol. The van der Waals surface area contributed by atoms with Crippen molar-refractivity contribution in [1.82, 2.24) is 9.62 Å². The van der Waals surface area contributed by atoms with Crippen LogP contribution in [0.5, 0.6) is 5.75 Å². The van der Waals surface area contributed by atoms with Gasteiger partial charge in [0.2, 0.25) is 16.3 Å². The van der Waals surface area contributed by atoms with Crippen LogP contribution in [0.2, 0.25) is 0 Å². The molecule has 0 bridgehead atoms. The number of sulfonamides is 1. The zero-order valence-electron chi connectivity index (χ0n) is 24.6. The predicted octanol–water partition coefficient (Wildman–Crippen LogP) is 4.21. The lowest BCUT2D eigenvalue weighted by Crippen LogP contribution is -2.64. The fourth-order valence-corrected chi connectivity index (χ4v) is 6.17. The van der Waals surface area contributed by atoms with E-state index in [4.69, 9.17) is 14.2 Å². The number of rotatable bonds is 12. The van der Waals surface area contributed by atoms with Crippen LogP contribution in [-0.2, 0) is 41.1 Å². The number of aliphatic carboxylic acids is 1. The van der Waals surface area contributed by atoms with Gasteiger partial charge in [-0.15, -0.1) is 0 Å². The van der Waals surface area contributed by atoms with E-state index in [9.17, 15) is 36.7 Å². The molecule has 0 saturated carbocycles. The Bertz CT molecular complexity index is 1660. The molecule has 0 spiro atoms. The molecule has 0 aromatic heterocycles. The van der Waals surface area contributed by atoms with Gasteiger partial charge >= 0.3 is 18.0 Å². The maximum atomic E-state index is 14.5. The van der Waals surface area contributed by atoms with E-state index in [2.05, 4.69) is 5.32 Å². The van der Waals surface area contributed by atoms with Crippen molar-refractivity contribution in [2.45, 2.75) is 50.0 Å². The third-order valence-electron chi connectivity index (χ3n) is 6.97. The van der Waals surface area contributed by atoms with Crippen LogP contribution in [0.25, 0.3) is 0 Å². The molecule has 240 valence electrons. The number of carbonyl (C=O) groups is 3. The zero-order chi connectivity index (χ0) is 32.9. The molecule has 2 atom stereocenters. The first kappa shape index (κ1) is 33.3. The summed E-state index contributed by atoms with van der Waals surface area (Å²) in [6.07, 6.45) is -2.73. The smallest absolute Gasteiger partial charge is 0.410 e. The topological polar surface area (TPSA) is 149 Å². The van der Waals surface area contributed by atoms with Crippen LogP contribution in [0.4, 0.5) is 13.6 Å². The number of amides is 1. The molecule has 11 nitrogen and oxygen atoms in total. The molecule has 0 radical (unpaired) electrons. The molecule has 1 fully saturated rings. The minimum Gasteiger partial charge on any atom is -0.480 e. The highest BCUT2D eigenvalue weighted by Crippen LogP contribution is 2.40. The summed E-state index contributed by atoms with van der Waals surface area (Å²) in [5.41, 5.74) is -0.584. The molecule has 1 amide bonds. The Morgan fingerprint density at radius 3 is 2.24 bits per heavy atom. The Morgan fingerprint density at radius 1 is 0.956 bits per heavy atom. The largest absolute Gasteiger partial charge is 0.480 e. The van der Waals surface area contributed by atoms with Crippen LogP contribution >= 0.6 is 0 Å². The number of esters is 1. The van der Waals surface area contributed by atoms with Crippen molar-refractivity contribution in [3.05, 3.63) is 95.6 Å². The Balaban J connectivity index is 1.48. The molecule has 3 aromatic rings. The van der Waals surface area contributed by atoms with E-state index in [1.54, 1.807) is 19.9 Å². The van der Waals surface area contributed by atoms with E-state index in [1.807, 2.05) is 0 Å². The third-order valence-corrected chi connectivity index (χ3v) is 8.76. The second-order valence-corrected chi connectivity index (χ2v) is 12.7. The van der Waals surface area contributed by atoms with Gasteiger partial charge in [-0.05, 0) is 47.5 Å². The van der Waals surface area contributed by atoms with Gasteiger partial charge < -0.3 is 24.6 Å². The highest BCUT2D eigenvalue weighted by atomic mass is 32.2. The highest BCUT2D eigenvalue weighted by Gasteiger charge is 2.52. The summed E-state index contributed by atoms with van der Waals surface area (Å²) in [5.74, 6) is -3.75. The summed E-state index contributed by atoms with van der Waals surface area (Å²) < 4.78 is 72.3. The number of para-hydroxylation sites is 1. The Morgan fingerprint density at radius 2 is 1.62 bits per heavy atom. The Hall–Kier alpha value is -4.56. The average Bonchev–Trinajstić information content (AvgIpc) is 2.95. The van der Waals surface area contributed by atoms with Gasteiger partial charge in [0.15, 0.2) is 17.2 Å². The molecule has 1 aliphatic heterocycles. The van der Waals surface area contributed by atoms with E-state index in [1.165, 1.54) is 73.7 Å². The van der Waals surface area contributed by atoms with Crippen molar-refractivity contribution in [2.75, 3.05) is 13.1 Å². The fraction of sp³-hybridized carbons (Fsp3) is 0.323. The van der Waals surface area contributed by atoms with Gasteiger partial charge in [0.25, 0.3) is 0 Å². The van der Waals surface area contributed by atoms with Gasteiger partial charge in [0.05, 0.1) is 23.9 Å². The fourth-order valence-electron chi connectivity index (χ4n) is 4.56. The molecular formula is C31H32F2N2O9S. The number of benzene rings is 3. The van der Waals surface area contributed by atoms with Crippen molar-refractivity contribution in [3.8, 4) is 5.75 Å². The Kier molecular flexibility index (Phi) is 10.1. The van der Waals surface area contributed by atoms with Crippen molar-refractivity contribution in [1.29, 1.82) is 0 Å². The van der Waals surface area contributed by atoms with Crippen LogP contribution < -0.4 is 10.1 Å². The quantitative estimate of drug-likeness (QED) is 0.218. The third kappa shape index (κ3) is 7.94. The molecule has 45 heavy (non-hydrogen) atoms. The number of carboxylic acids is 1. The highest BCUT2D eigenvalue weighted by molar-refractivity contribution is 7.89. The van der Waals surface area contributed by atoms with Crippen LogP contribution in [0, 0.1) is 17.6 Å². The number of carboxylic acid groups (broad SMARTS) is 1. The van der Waals surface area contributed by atoms with Gasteiger partial charge in [-0.3, -0.25) is 4.79 Å². The maximum Gasteiger partial charge on any atom is 0.410 e. The van der Waals surface area contributed by atoms with Gasteiger partial charge in [0, 0.05) is 13.3 Å². The van der Waals surface area contributed by atoms with E-state index >= 15 is 0 Å². The molecule has 3 aromatic carbocycles. The van der Waals surface area contributed by atoms with Gasteiger partial charge in [0.1, 0.15) is 11.9 Å². The molecule has 1 aliphatic rings. The molecule has 0 aliphatic carbocycles. The molecule has 4 rings (SSSR count). The number of hydrogen-bond donors (Lipinski definition) is 2. The summed E-state index contributed by atoms with van der Waals surface area (Å²) in [6.45, 7) is 4.04. The second kappa shape index (κ2) is 13.6. The van der Waals surface area contributed by atoms with E-state index in [-0.39, 0.29) is 35.7 Å². The molecule has 1 saturated heterocycles. The predicted molar refractivity (Wildman–Crippen MR) is 155 cm³/mol. The van der Waals surface area contributed by atoms with Crippen molar-refractivity contribution in [3.63, 3.8) is 0 Å². The zero-order valence-corrected chi connectivity index (χ0v) is 25.4.